The van der Waals surface area contributed by atoms with Crippen LogP contribution in [0.4, 0.5) is 5.69 Å². The fraction of sp³-hybridized carbons (Fsp3) is 0.381. The van der Waals surface area contributed by atoms with Crippen LogP contribution >= 0.6 is 0 Å². The van der Waals surface area contributed by atoms with Crippen LogP contribution in [-0.4, -0.2) is 55.5 Å². The monoisotopic (exact) mass is 401 g/mol. The maximum absolute atomic E-state index is 12.5. The molecule has 6 atom stereocenters. The average Bonchev–Trinajstić information content (AvgIpc) is 2.76. The van der Waals surface area contributed by atoms with Gasteiger partial charge >= 0.3 is 5.97 Å². The minimum absolute atomic E-state index is 0.208. The van der Waals surface area contributed by atoms with Gasteiger partial charge < -0.3 is 34.5 Å². The van der Waals surface area contributed by atoms with Gasteiger partial charge in [-0.3, -0.25) is 0 Å². The Morgan fingerprint density at radius 3 is 2.52 bits per heavy atom. The van der Waals surface area contributed by atoms with Gasteiger partial charge in [0.05, 0.1) is 12.2 Å². The number of benzene rings is 2. The molecule has 0 unspecified atom stereocenters. The molecular weight excluding hydrogens is 378 g/mol. The number of nitrogen functional groups attached to an aromatic ring is 1. The summed E-state index contributed by atoms with van der Waals surface area (Å²) < 4.78 is 28.3. The van der Waals surface area contributed by atoms with E-state index < -0.39 is 43.0 Å². The van der Waals surface area contributed by atoms with E-state index in [-0.39, 0.29) is 6.61 Å². The van der Waals surface area contributed by atoms with Gasteiger partial charge in [0, 0.05) is 18.4 Å². The summed E-state index contributed by atoms with van der Waals surface area (Å²) in [6, 6.07) is 15.7. The average molecular weight is 401 g/mol. The van der Waals surface area contributed by atoms with Crippen LogP contribution in [0.2, 0.25) is 0 Å². The SMILES string of the molecule is CO[C@H]1O[C@@H]2CO[C@@H](c3ccccc3)O[C@@H]2[C@H](O)[C@H]1OC(=O)c1ccc(N)cc1. The number of fused-ring (bicyclic) bond motifs is 1. The number of esters is 1. The quantitative estimate of drug-likeness (QED) is 0.588. The molecule has 0 saturated carbocycles. The van der Waals surface area contributed by atoms with E-state index in [1.165, 1.54) is 7.11 Å². The van der Waals surface area contributed by atoms with E-state index in [2.05, 4.69) is 0 Å². The van der Waals surface area contributed by atoms with Crippen molar-refractivity contribution in [3.63, 3.8) is 0 Å². The van der Waals surface area contributed by atoms with Gasteiger partial charge in [-0.1, -0.05) is 30.3 Å². The number of anilines is 1. The molecule has 3 N–H and O–H groups in total. The third-order valence-electron chi connectivity index (χ3n) is 5.00. The maximum Gasteiger partial charge on any atom is 0.338 e. The van der Waals surface area contributed by atoms with E-state index in [0.717, 1.165) is 5.56 Å². The molecule has 8 heteroatoms. The highest BCUT2D eigenvalue weighted by molar-refractivity contribution is 5.89. The predicted molar refractivity (Wildman–Crippen MR) is 102 cm³/mol. The molecule has 0 aliphatic carbocycles. The Bertz CT molecular complexity index is 829. The molecular formula is C21H23NO7. The molecule has 2 aromatic rings. The first-order valence-electron chi connectivity index (χ1n) is 9.31. The van der Waals surface area contributed by atoms with E-state index in [4.69, 9.17) is 29.4 Å². The maximum atomic E-state index is 12.5. The van der Waals surface area contributed by atoms with Crippen molar-refractivity contribution in [2.24, 2.45) is 0 Å². The van der Waals surface area contributed by atoms with Crippen LogP contribution in [0.15, 0.2) is 54.6 Å². The van der Waals surface area contributed by atoms with E-state index in [0.29, 0.717) is 11.3 Å². The molecule has 2 aliphatic heterocycles. The lowest BCUT2D eigenvalue weighted by molar-refractivity contribution is -0.357. The number of nitrogens with two attached hydrogens (primary N) is 1. The van der Waals surface area contributed by atoms with Crippen molar-refractivity contribution in [2.75, 3.05) is 19.5 Å². The summed E-state index contributed by atoms with van der Waals surface area (Å²) in [6.07, 6.45) is -5.13. The van der Waals surface area contributed by atoms with Crippen LogP contribution in [0, 0.1) is 0 Å². The van der Waals surface area contributed by atoms with Crippen molar-refractivity contribution in [3.8, 4) is 0 Å². The van der Waals surface area contributed by atoms with Crippen LogP contribution in [0.5, 0.6) is 0 Å². The number of aliphatic hydroxyl groups excluding tert-OH is 1. The van der Waals surface area contributed by atoms with Crippen LogP contribution in [0.25, 0.3) is 0 Å². The van der Waals surface area contributed by atoms with Crippen molar-refractivity contribution in [3.05, 3.63) is 65.7 Å². The number of carbonyl (C=O) groups is 1. The fourth-order valence-electron chi connectivity index (χ4n) is 3.47. The van der Waals surface area contributed by atoms with E-state index in [1.54, 1.807) is 24.3 Å². The standard InChI is InChI=1S/C21H23NO7/c1-25-21-18(28-19(24)12-7-9-14(22)10-8-12)16(23)17-15(27-21)11-26-20(29-17)13-5-3-2-4-6-13/h2-10,15-18,20-21,23H,11,22H2,1H3/t15-,16+,17+,18-,20-,21+/m1/s1. The zero-order valence-electron chi connectivity index (χ0n) is 15.8. The molecule has 2 fully saturated rings. The van der Waals surface area contributed by atoms with Gasteiger partial charge in [-0.05, 0) is 24.3 Å². The van der Waals surface area contributed by atoms with Gasteiger partial charge in [0.25, 0.3) is 0 Å². The summed E-state index contributed by atoms with van der Waals surface area (Å²) in [6.45, 7) is 0.208. The van der Waals surface area contributed by atoms with Crippen LogP contribution < -0.4 is 5.73 Å². The Morgan fingerprint density at radius 1 is 1.10 bits per heavy atom. The lowest BCUT2D eigenvalue weighted by atomic mass is 9.97. The van der Waals surface area contributed by atoms with E-state index >= 15 is 0 Å². The van der Waals surface area contributed by atoms with Crippen molar-refractivity contribution in [1.29, 1.82) is 0 Å². The number of hydrogen-bond donors (Lipinski definition) is 2. The molecule has 0 aromatic heterocycles. The summed E-state index contributed by atoms with van der Waals surface area (Å²) in [5.41, 5.74) is 7.31. The highest BCUT2D eigenvalue weighted by atomic mass is 16.8. The third-order valence-corrected chi connectivity index (χ3v) is 5.00. The Balaban J connectivity index is 1.50. The second kappa shape index (κ2) is 8.48. The third kappa shape index (κ3) is 4.12. The highest BCUT2D eigenvalue weighted by Crippen LogP contribution is 2.35. The molecule has 2 aliphatic rings. The zero-order valence-corrected chi connectivity index (χ0v) is 15.8. The summed E-state index contributed by atoms with van der Waals surface area (Å²) in [4.78, 5) is 12.5. The summed E-state index contributed by atoms with van der Waals surface area (Å²) in [5, 5.41) is 10.9. The molecule has 2 heterocycles. The van der Waals surface area contributed by atoms with Crippen molar-refractivity contribution >= 4 is 11.7 Å². The Hall–Kier alpha value is -2.49. The van der Waals surface area contributed by atoms with Gasteiger partial charge in [-0.2, -0.15) is 0 Å². The number of rotatable bonds is 4. The first-order chi connectivity index (χ1) is 14.1. The van der Waals surface area contributed by atoms with Crippen molar-refractivity contribution in [1.82, 2.24) is 0 Å². The highest BCUT2D eigenvalue weighted by Gasteiger charge is 2.51. The second-order valence-corrected chi connectivity index (χ2v) is 6.94. The smallest absolute Gasteiger partial charge is 0.338 e. The number of methoxy groups -OCH3 is 1. The Kier molecular flexibility index (Phi) is 5.79. The summed E-state index contributed by atoms with van der Waals surface area (Å²) in [5.74, 6) is -0.621. The van der Waals surface area contributed by atoms with Crippen LogP contribution in [-0.2, 0) is 23.7 Å². The van der Waals surface area contributed by atoms with E-state index in [9.17, 15) is 9.90 Å². The van der Waals surface area contributed by atoms with Gasteiger partial charge in [-0.15, -0.1) is 0 Å². The van der Waals surface area contributed by atoms with Crippen molar-refractivity contribution < 1.29 is 33.6 Å². The molecule has 2 saturated heterocycles. The first kappa shape index (κ1) is 19.8. The lowest BCUT2D eigenvalue weighted by Gasteiger charge is -2.46. The molecule has 4 rings (SSSR count). The largest absolute Gasteiger partial charge is 0.450 e. The molecule has 0 radical (unpaired) electrons. The van der Waals surface area contributed by atoms with Gasteiger partial charge in [-0.25, -0.2) is 4.79 Å². The molecule has 0 bridgehead atoms. The topological polar surface area (TPSA) is 109 Å². The van der Waals surface area contributed by atoms with E-state index in [1.807, 2.05) is 30.3 Å². The minimum atomic E-state index is -1.16. The predicted octanol–water partition coefficient (Wildman–Crippen LogP) is 1.64. The minimum Gasteiger partial charge on any atom is -0.450 e. The summed E-state index contributed by atoms with van der Waals surface area (Å²) >= 11 is 0. The van der Waals surface area contributed by atoms with Gasteiger partial charge in [0.15, 0.2) is 18.7 Å². The number of carbonyl (C=O) groups excluding carboxylic acids is 1. The molecule has 29 heavy (non-hydrogen) atoms. The molecule has 0 amide bonds. The lowest BCUT2D eigenvalue weighted by Crippen LogP contribution is -2.63. The normalized spacial score (nSPS) is 31.7. The van der Waals surface area contributed by atoms with Crippen molar-refractivity contribution in [2.45, 2.75) is 37.0 Å². The molecule has 2 aromatic carbocycles. The number of ether oxygens (including phenoxy) is 5. The second-order valence-electron chi connectivity index (χ2n) is 6.94. The van der Waals surface area contributed by atoms with Gasteiger partial charge in [0.2, 0.25) is 0 Å². The fourth-order valence-corrected chi connectivity index (χ4v) is 3.47. The molecule has 154 valence electrons. The first-order valence-corrected chi connectivity index (χ1v) is 9.31. The Morgan fingerprint density at radius 2 is 1.83 bits per heavy atom. The van der Waals surface area contributed by atoms with Gasteiger partial charge in [0.1, 0.15) is 18.3 Å². The number of aliphatic hydroxyl groups is 1. The number of hydrogen-bond acceptors (Lipinski definition) is 8. The van der Waals surface area contributed by atoms with Crippen LogP contribution in [0.1, 0.15) is 22.2 Å². The molecule has 0 spiro atoms. The zero-order chi connectivity index (χ0) is 20.4. The Labute approximate surface area is 168 Å². The molecule has 8 nitrogen and oxygen atoms in total. The summed E-state index contributed by atoms with van der Waals surface area (Å²) in [7, 11) is 1.42. The van der Waals surface area contributed by atoms with Crippen LogP contribution in [0.3, 0.4) is 0 Å².